The van der Waals surface area contributed by atoms with E-state index in [9.17, 15) is 9.18 Å². The highest BCUT2D eigenvalue weighted by Gasteiger charge is 2.27. The van der Waals surface area contributed by atoms with Gasteiger partial charge in [-0.2, -0.15) is 4.98 Å². The third kappa shape index (κ3) is 3.27. The Kier molecular flexibility index (Phi) is 4.32. The van der Waals surface area contributed by atoms with E-state index in [1.54, 1.807) is 19.1 Å². The summed E-state index contributed by atoms with van der Waals surface area (Å²) in [6, 6.07) is 13.0. The van der Waals surface area contributed by atoms with Gasteiger partial charge in [0.05, 0.1) is 0 Å². The number of hydrogen-bond acceptors (Lipinski definition) is 4. The van der Waals surface area contributed by atoms with E-state index < -0.39 is 0 Å². The van der Waals surface area contributed by atoms with Crippen LogP contribution in [-0.4, -0.2) is 24.0 Å². The number of halogens is 1. The third-order valence-corrected chi connectivity index (χ3v) is 4.86. The van der Waals surface area contributed by atoms with Crippen molar-refractivity contribution in [1.29, 1.82) is 0 Å². The number of aromatic nitrogens is 1. The summed E-state index contributed by atoms with van der Waals surface area (Å²) in [5.41, 5.74) is 2.67. The summed E-state index contributed by atoms with van der Waals surface area (Å²) in [5.74, 6) is -0.473. The number of hydrogen-bond donors (Lipinski definition) is 1. The Morgan fingerprint density at radius 3 is 2.73 bits per heavy atom. The van der Waals surface area contributed by atoms with E-state index in [0.717, 1.165) is 11.1 Å². The van der Waals surface area contributed by atoms with Gasteiger partial charge in [-0.25, -0.2) is 4.39 Å². The smallest absolute Gasteiger partial charge is 0.298 e. The van der Waals surface area contributed by atoms with Gasteiger partial charge in [0, 0.05) is 24.7 Å². The first-order valence-electron chi connectivity index (χ1n) is 8.78. The van der Waals surface area contributed by atoms with Crippen LogP contribution in [0.3, 0.4) is 0 Å². The second-order valence-electron chi connectivity index (χ2n) is 6.68. The molecule has 6 heteroatoms. The topological polar surface area (TPSA) is 58.4 Å². The Bertz CT molecular complexity index is 912. The highest BCUT2D eigenvalue weighted by atomic mass is 19.1. The van der Waals surface area contributed by atoms with Crippen molar-refractivity contribution in [3.63, 3.8) is 0 Å². The number of anilines is 2. The molecule has 134 valence electrons. The molecule has 26 heavy (non-hydrogen) atoms. The van der Waals surface area contributed by atoms with Crippen LogP contribution < -0.4 is 10.2 Å². The van der Waals surface area contributed by atoms with Crippen LogP contribution in [0.1, 0.15) is 18.4 Å². The van der Waals surface area contributed by atoms with Crippen LogP contribution in [0.15, 0.2) is 46.9 Å². The summed E-state index contributed by atoms with van der Waals surface area (Å²) in [5, 5.41) is 2.82. The van der Waals surface area contributed by atoms with E-state index in [4.69, 9.17) is 4.42 Å². The van der Waals surface area contributed by atoms with Crippen molar-refractivity contribution in [3.8, 4) is 0 Å². The lowest BCUT2D eigenvalue weighted by Crippen LogP contribution is -2.38. The van der Waals surface area contributed by atoms with E-state index >= 15 is 0 Å². The lowest BCUT2D eigenvalue weighted by Gasteiger charge is -2.30. The van der Waals surface area contributed by atoms with Crippen molar-refractivity contribution in [3.05, 3.63) is 53.8 Å². The number of nitrogens with zero attached hydrogens (tertiary/aromatic N) is 2. The second-order valence-corrected chi connectivity index (χ2v) is 6.68. The molecule has 1 aliphatic heterocycles. The monoisotopic (exact) mass is 353 g/mol. The number of para-hydroxylation sites is 2. The molecule has 2 heterocycles. The van der Waals surface area contributed by atoms with E-state index in [2.05, 4.69) is 15.2 Å². The number of fused-ring (bicyclic) bond motifs is 1. The molecular formula is C20H20FN3O2. The maximum Gasteiger partial charge on any atom is 0.298 e. The molecule has 0 bridgehead atoms. The first-order valence-corrected chi connectivity index (χ1v) is 8.78. The van der Waals surface area contributed by atoms with Crippen molar-refractivity contribution in [1.82, 2.24) is 4.98 Å². The van der Waals surface area contributed by atoms with Gasteiger partial charge in [-0.3, -0.25) is 4.79 Å². The number of nitrogens with one attached hydrogen (secondary N) is 1. The molecule has 3 aromatic rings. The molecule has 0 atom stereocenters. The summed E-state index contributed by atoms with van der Waals surface area (Å²) in [6.45, 7) is 3.10. The molecule has 2 aromatic carbocycles. The Morgan fingerprint density at radius 2 is 2.00 bits per heavy atom. The zero-order valence-electron chi connectivity index (χ0n) is 14.5. The largest absolute Gasteiger partial charge is 0.423 e. The molecule has 0 aliphatic carbocycles. The zero-order valence-corrected chi connectivity index (χ0v) is 14.5. The normalized spacial score (nSPS) is 15.4. The molecule has 0 unspecified atom stereocenters. The fraction of sp³-hybridized carbons (Fsp3) is 0.300. The van der Waals surface area contributed by atoms with Gasteiger partial charge in [0.1, 0.15) is 11.3 Å². The van der Waals surface area contributed by atoms with Crippen LogP contribution in [0.25, 0.3) is 11.1 Å². The molecule has 0 radical (unpaired) electrons. The van der Waals surface area contributed by atoms with E-state index in [0.29, 0.717) is 43.2 Å². The minimum Gasteiger partial charge on any atom is -0.423 e. The molecule has 1 amide bonds. The first kappa shape index (κ1) is 16.6. The lowest BCUT2D eigenvalue weighted by atomic mass is 9.96. The molecular weight excluding hydrogens is 333 g/mol. The maximum atomic E-state index is 13.6. The molecule has 1 fully saturated rings. The van der Waals surface area contributed by atoms with Gasteiger partial charge in [0.2, 0.25) is 5.91 Å². The van der Waals surface area contributed by atoms with Gasteiger partial charge < -0.3 is 14.6 Å². The summed E-state index contributed by atoms with van der Waals surface area (Å²) >= 11 is 0. The molecule has 1 N–H and O–H groups in total. The summed E-state index contributed by atoms with van der Waals surface area (Å²) in [6.07, 6.45) is 1.41. The highest BCUT2D eigenvalue weighted by Crippen LogP contribution is 2.27. The standard InChI is InChI=1S/C20H20FN3O2/c1-13-6-7-15(12-16(13)21)22-19(25)14-8-10-24(11-9-14)20-23-17-4-2-3-5-18(17)26-20/h2-7,12,14H,8-11H2,1H3,(H,22,25). The Balaban J connectivity index is 1.38. The number of amides is 1. The number of piperidine rings is 1. The van der Waals surface area contributed by atoms with Gasteiger partial charge in [-0.1, -0.05) is 18.2 Å². The van der Waals surface area contributed by atoms with Gasteiger partial charge in [0.15, 0.2) is 5.58 Å². The van der Waals surface area contributed by atoms with Crippen LogP contribution in [0, 0.1) is 18.7 Å². The van der Waals surface area contributed by atoms with E-state index in [1.165, 1.54) is 6.07 Å². The number of rotatable bonds is 3. The fourth-order valence-corrected chi connectivity index (χ4v) is 3.24. The zero-order chi connectivity index (χ0) is 18.1. The van der Waals surface area contributed by atoms with Gasteiger partial charge in [-0.05, 0) is 49.6 Å². The van der Waals surface area contributed by atoms with Crippen molar-refractivity contribution in [2.75, 3.05) is 23.3 Å². The van der Waals surface area contributed by atoms with Crippen molar-refractivity contribution in [2.24, 2.45) is 5.92 Å². The Morgan fingerprint density at radius 1 is 1.23 bits per heavy atom. The first-order chi connectivity index (χ1) is 12.6. The predicted octanol–water partition coefficient (Wildman–Crippen LogP) is 4.13. The summed E-state index contributed by atoms with van der Waals surface area (Å²) < 4.78 is 19.4. The lowest BCUT2D eigenvalue weighted by molar-refractivity contribution is -0.120. The van der Waals surface area contributed by atoms with Gasteiger partial charge in [0.25, 0.3) is 6.01 Å². The molecule has 4 rings (SSSR count). The van der Waals surface area contributed by atoms with Gasteiger partial charge >= 0.3 is 0 Å². The Hall–Kier alpha value is -2.89. The predicted molar refractivity (Wildman–Crippen MR) is 98.7 cm³/mol. The summed E-state index contributed by atoms with van der Waals surface area (Å²) in [7, 11) is 0. The molecule has 1 aliphatic rings. The van der Waals surface area contributed by atoms with E-state index in [1.807, 2.05) is 24.3 Å². The maximum absolute atomic E-state index is 13.6. The van der Waals surface area contributed by atoms with Crippen LogP contribution in [0.2, 0.25) is 0 Å². The number of carbonyl (C=O) groups is 1. The number of benzene rings is 2. The minimum absolute atomic E-state index is 0.0644. The van der Waals surface area contributed by atoms with Crippen molar-refractivity contribution in [2.45, 2.75) is 19.8 Å². The van der Waals surface area contributed by atoms with Gasteiger partial charge in [-0.15, -0.1) is 0 Å². The minimum atomic E-state index is -0.312. The highest BCUT2D eigenvalue weighted by molar-refractivity contribution is 5.92. The van der Waals surface area contributed by atoms with Crippen LogP contribution in [-0.2, 0) is 4.79 Å². The fourth-order valence-electron chi connectivity index (χ4n) is 3.24. The number of oxazole rings is 1. The Labute approximate surface area is 150 Å². The van der Waals surface area contributed by atoms with Crippen molar-refractivity contribution >= 4 is 28.7 Å². The molecule has 1 saturated heterocycles. The van der Waals surface area contributed by atoms with Crippen molar-refractivity contribution < 1.29 is 13.6 Å². The second kappa shape index (κ2) is 6.78. The van der Waals surface area contributed by atoms with Crippen LogP contribution in [0.4, 0.5) is 16.1 Å². The van der Waals surface area contributed by atoms with Crippen LogP contribution in [0.5, 0.6) is 0 Å². The molecule has 1 aromatic heterocycles. The van der Waals surface area contributed by atoms with E-state index in [-0.39, 0.29) is 17.6 Å². The SMILES string of the molecule is Cc1ccc(NC(=O)C2CCN(c3nc4ccccc4o3)CC2)cc1F. The van der Waals surface area contributed by atoms with Crippen LogP contribution >= 0.6 is 0 Å². The quantitative estimate of drug-likeness (QED) is 0.769. The number of carbonyl (C=O) groups excluding carboxylic acids is 1. The molecule has 0 spiro atoms. The average molecular weight is 353 g/mol. The summed E-state index contributed by atoms with van der Waals surface area (Å²) in [4.78, 5) is 19.0. The number of aryl methyl sites for hydroxylation is 1. The molecule has 0 saturated carbocycles. The third-order valence-electron chi connectivity index (χ3n) is 4.86. The average Bonchev–Trinajstić information content (AvgIpc) is 3.09. The molecule has 5 nitrogen and oxygen atoms in total.